The zero-order chi connectivity index (χ0) is 23.7. The van der Waals surface area contributed by atoms with Gasteiger partial charge in [0, 0.05) is 30.6 Å². The van der Waals surface area contributed by atoms with E-state index in [0.29, 0.717) is 5.75 Å². The zero-order valence-electron chi connectivity index (χ0n) is 20.5. The average Bonchev–Trinajstić information content (AvgIpc) is 2.79. The van der Waals surface area contributed by atoms with Crippen molar-refractivity contribution in [2.75, 3.05) is 29.5 Å². The SMILES string of the molecule is CC(C)(C)OC(=O)NC(CSCC1CCCCC1)C(=O)NC1CCN(c2ccccc2)CC1. The number of carbonyl (C=O) groups excluding carboxylic acids is 2. The summed E-state index contributed by atoms with van der Waals surface area (Å²) in [4.78, 5) is 27.9. The summed E-state index contributed by atoms with van der Waals surface area (Å²) in [6, 6.07) is 9.94. The van der Waals surface area contributed by atoms with Gasteiger partial charge in [0.2, 0.25) is 5.91 Å². The first-order valence-corrected chi connectivity index (χ1v) is 13.6. The minimum Gasteiger partial charge on any atom is -0.444 e. The van der Waals surface area contributed by atoms with E-state index in [1.807, 2.05) is 26.8 Å². The molecule has 2 amide bonds. The number of ether oxygens (including phenoxy) is 1. The van der Waals surface area contributed by atoms with Crippen LogP contribution in [-0.2, 0) is 9.53 Å². The molecule has 3 rings (SSSR count). The van der Waals surface area contributed by atoms with Gasteiger partial charge in [0.1, 0.15) is 11.6 Å². The minimum absolute atomic E-state index is 0.102. The molecule has 2 aliphatic rings. The van der Waals surface area contributed by atoms with Crippen LogP contribution in [0.2, 0.25) is 0 Å². The van der Waals surface area contributed by atoms with Gasteiger partial charge in [0.15, 0.2) is 0 Å². The normalized spacial score (nSPS) is 19.1. The van der Waals surface area contributed by atoms with Crippen LogP contribution in [0.1, 0.15) is 65.7 Å². The third kappa shape index (κ3) is 9.11. The first kappa shape index (κ1) is 25.7. The summed E-state index contributed by atoms with van der Waals surface area (Å²) in [7, 11) is 0. The molecule has 33 heavy (non-hydrogen) atoms. The molecular formula is C26H41N3O3S. The van der Waals surface area contributed by atoms with Crippen molar-refractivity contribution in [3.63, 3.8) is 0 Å². The Labute approximate surface area is 203 Å². The van der Waals surface area contributed by atoms with Crippen molar-refractivity contribution in [2.24, 2.45) is 5.92 Å². The molecule has 0 radical (unpaired) electrons. The van der Waals surface area contributed by atoms with Crippen LogP contribution in [0.5, 0.6) is 0 Å². The Balaban J connectivity index is 1.50. The monoisotopic (exact) mass is 475 g/mol. The maximum Gasteiger partial charge on any atom is 0.408 e. The van der Waals surface area contributed by atoms with E-state index >= 15 is 0 Å². The van der Waals surface area contributed by atoms with Crippen LogP contribution < -0.4 is 15.5 Å². The lowest BCUT2D eigenvalue weighted by atomic mass is 9.91. The number of benzene rings is 1. The van der Waals surface area contributed by atoms with E-state index in [2.05, 4.69) is 39.8 Å². The highest BCUT2D eigenvalue weighted by molar-refractivity contribution is 7.99. The lowest BCUT2D eigenvalue weighted by Crippen LogP contribution is -2.53. The highest BCUT2D eigenvalue weighted by Gasteiger charge is 2.28. The summed E-state index contributed by atoms with van der Waals surface area (Å²) < 4.78 is 5.42. The van der Waals surface area contributed by atoms with Crippen LogP contribution in [-0.4, -0.2) is 54.3 Å². The standard InChI is InChI=1S/C26H41N3O3S/c1-26(2,3)32-25(31)28-23(19-33-18-20-10-6-4-7-11-20)24(30)27-21-14-16-29(17-15-21)22-12-8-5-9-13-22/h5,8-9,12-13,20-21,23H,4,6-7,10-11,14-19H2,1-3H3,(H,27,30)(H,28,31). The Morgan fingerprint density at radius 3 is 2.36 bits per heavy atom. The summed E-state index contributed by atoms with van der Waals surface area (Å²) in [6.45, 7) is 7.32. The van der Waals surface area contributed by atoms with Gasteiger partial charge in [-0.05, 0) is 70.3 Å². The molecule has 0 aromatic heterocycles. The second-order valence-electron chi connectivity index (χ2n) is 10.3. The van der Waals surface area contributed by atoms with Gasteiger partial charge in [-0.15, -0.1) is 0 Å². The fourth-order valence-corrected chi connectivity index (χ4v) is 5.83. The smallest absolute Gasteiger partial charge is 0.408 e. The largest absolute Gasteiger partial charge is 0.444 e. The summed E-state index contributed by atoms with van der Waals surface area (Å²) in [5.74, 6) is 2.26. The van der Waals surface area contributed by atoms with Crippen molar-refractivity contribution in [3.05, 3.63) is 30.3 Å². The third-order valence-corrected chi connectivity index (χ3v) is 7.61. The quantitative estimate of drug-likeness (QED) is 0.555. The molecule has 2 fully saturated rings. The van der Waals surface area contributed by atoms with Crippen molar-refractivity contribution in [2.45, 2.75) is 83.4 Å². The van der Waals surface area contributed by atoms with Gasteiger partial charge in [-0.25, -0.2) is 4.79 Å². The van der Waals surface area contributed by atoms with E-state index in [4.69, 9.17) is 4.74 Å². The maximum atomic E-state index is 13.1. The molecule has 7 heteroatoms. The number of para-hydroxylation sites is 1. The lowest BCUT2D eigenvalue weighted by Gasteiger charge is -2.34. The second-order valence-corrected chi connectivity index (χ2v) is 11.4. The van der Waals surface area contributed by atoms with E-state index < -0.39 is 17.7 Å². The molecule has 1 aromatic carbocycles. The zero-order valence-corrected chi connectivity index (χ0v) is 21.3. The number of anilines is 1. The van der Waals surface area contributed by atoms with E-state index in [0.717, 1.165) is 37.6 Å². The van der Waals surface area contributed by atoms with Gasteiger partial charge in [0.25, 0.3) is 0 Å². The van der Waals surface area contributed by atoms with Gasteiger partial charge < -0.3 is 20.3 Å². The van der Waals surface area contributed by atoms with Crippen molar-refractivity contribution in [1.29, 1.82) is 0 Å². The van der Waals surface area contributed by atoms with E-state index in [-0.39, 0.29) is 11.9 Å². The number of carbonyl (C=O) groups is 2. The van der Waals surface area contributed by atoms with Crippen LogP contribution in [0.3, 0.4) is 0 Å². The van der Waals surface area contributed by atoms with Gasteiger partial charge in [-0.3, -0.25) is 4.79 Å². The van der Waals surface area contributed by atoms with Crippen molar-refractivity contribution in [3.8, 4) is 0 Å². The summed E-state index contributed by atoms with van der Waals surface area (Å²) in [5, 5.41) is 6.03. The number of hydrogen-bond donors (Lipinski definition) is 2. The summed E-state index contributed by atoms with van der Waals surface area (Å²) >= 11 is 1.78. The van der Waals surface area contributed by atoms with Crippen molar-refractivity contribution >= 4 is 29.4 Å². The molecule has 1 aliphatic heterocycles. The molecule has 1 saturated heterocycles. The van der Waals surface area contributed by atoms with Crippen molar-refractivity contribution in [1.82, 2.24) is 10.6 Å². The molecule has 1 aliphatic carbocycles. The Morgan fingerprint density at radius 1 is 1.06 bits per heavy atom. The molecule has 1 saturated carbocycles. The summed E-state index contributed by atoms with van der Waals surface area (Å²) in [6.07, 6.45) is 7.80. The third-order valence-electron chi connectivity index (χ3n) is 6.33. The Hall–Kier alpha value is -1.89. The summed E-state index contributed by atoms with van der Waals surface area (Å²) in [5.41, 5.74) is 0.635. The Morgan fingerprint density at radius 2 is 1.73 bits per heavy atom. The maximum absolute atomic E-state index is 13.1. The van der Waals surface area contributed by atoms with E-state index in [9.17, 15) is 9.59 Å². The number of rotatable bonds is 8. The average molecular weight is 476 g/mol. The van der Waals surface area contributed by atoms with Gasteiger partial charge in [-0.1, -0.05) is 37.5 Å². The number of amides is 2. The van der Waals surface area contributed by atoms with Crippen LogP contribution in [0.15, 0.2) is 30.3 Å². The fourth-order valence-electron chi connectivity index (χ4n) is 4.56. The highest BCUT2D eigenvalue weighted by Crippen LogP contribution is 2.27. The number of piperidine rings is 1. The Bertz CT molecular complexity index is 739. The molecule has 184 valence electrons. The Kier molecular flexibility index (Phi) is 9.78. The molecule has 2 N–H and O–H groups in total. The second kappa shape index (κ2) is 12.5. The highest BCUT2D eigenvalue weighted by atomic mass is 32.2. The van der Waals surface area contributed by atoms with Crippen LogP contribution in [0.4, 0.5) is 10.5 Å². The number of alkyl carbamates (subject to hydrolysis) is 1. The molecule has 1 unspecified atom stereocenters. The molecular weight excluding hydrogens is 434 g/mol. The topological polar surface area (TPSA) is 70.7 Å². The number of nitrogens with one attached hydrogen (secondary N) is 2. The number of thioether (sulfide) groups is 1. The van der Waals surface area contributed by atoms with E-state index in [1.165, 1.54) is 37.8 Å². The van der Waals surface area contributed by atoms with Crippen LogP contribution >= 0.6 is 11.8 Å². The molecule has 0 bridgehead atoms. The van der Waals surface area contributed by atoms with E-state index in [1.54, 1.807) is 11.8 Å². The first-order chi connectivity index (χ1) is 15.8. The van der Waals surface area contributed by atoms with Crippen molar-refractivity contribution < 1.29 is 14.3 Å². The molecule has 6 nitrogen and oxygen atoms in total. The van der Waals surface area contributed by atoms with Crippen LogP contribution in [0.25, 0.3) is 0 Å². The molecule has 1 heterocycles. The predicted octanol–water partition coefficient (Wildman–Crippen LogP) is 4.98. The minimum atomic E-state index is -0.593. The van der Waals surface area contributed by atoms with Gasteiger partial charge in [0.05, 0.1) is 0 Å². The molecule has 1 aromatic rings. The molecule has 1 atom stereocenters. The number of hydrogen-bond acceptors (Lipinski definition) is 5. The predicted molar refractivity (Wildman–Crippen MR) is 137 cm³/mol. The fraction of sp³-hybridized carbons (Fsp3) is 0.692. The van der Waals surface area contributed by atoms with Gasteiger partial charge >= 0.3 is 6.09 Å². The number of nitrogens with zero attached hydrogens (tertiary/aromatic N) is 1. The van der Waals surface area contributed by atoms with Gasteiger partial charge in [-0.2, -0.15) is 11.8 Å². The lowest BCUT2D eigenvalue weighted by molar-refractivity contribution is -0.123. The first-order valence-electron chi connectivity index (χ1n) is 12.5. The molecule has 0 spiro atoms. The van der Waals surface area contributed by atoms with Crippen LogP contribution in [0, 0.1) is 5.92 Å².